The van der Waals surface area contributed by atoms with E-state index in [1.165, 1.54) is 6.07 Å². The molecule has 5 heteroatoms. The Morgan fingerprint density at radius 1 is 1.47 bits per heavy atom. The van der Waals surface area contributed by atoms with Crippen LogP contribution < -0.4 is 11.3 Å². The first-order chi connectivity index (χ1) is 9.11. The normalized spacial score (nSPS) is 19.6. The molecular formula is C14H20BrFN2O. The fraction of sp³-hybridized carbons (Fsp3) is 0.571. The van der Waals surface area contributed by atoms with Crippen molar-refractivity contribution >= 4 is 15.9 Å². The van der Waals surface area contributed by atoms with Gasteiger partial charge >= 0.3 is 0 Å². The third-order valence-electron chi connectivity index (χ3n) is 4.12. The van der Waals surface area contributed by atoms with Gasteiger partial charge in [0.2, 0.25) is 0 Å². The molecule has 0 amide bonds. The lowest BCUT2D eigenvalue weighted by Gasteiger charge is -2.36. The van der Waals surface area contributed by atoms with Gasteiger partial charge in [-0.25, -0.2) is 4.39 Å². The van der Waals surface area contributed by atoms with Gasteiger partial charge in [-0.1, -0.05) is 28.8 Å². The number of hydrogen-bond donors (Lipinski definition) is 2. The minimum Gasteiger partial charge on any atom is -0.377 e. The van der Waals surface area contributed by atoms with Gasteiger partial charge in [-0.15, -0.1) is 0 Å². The summed E-state index contributed by atoms with van der Waals surface area (Å²) in [6.07, 6.45) is 4.72. The Balaban J connectivity index is 2.21. The minimum atomic E-state index is -0.274. The molecule has 0 bridgehead atoms. The highest BCUT2D eigenvalue weighted by Gasteiger charge is 2.41. The third kappa shape index (κ3) is 3.16. The summed E-state index contributed by atoms with van der Waals surface area (Å²) in [5.74, 6) is 5.48. The van der Waals surface area contributed by atoms with Gasteiger partial charge in [0.1, 0.15) is 5.82 Å². The summed E-state index contributed by atoms with van der Waals surface area (Å²) < 4.78 is 20.4. The van der Waals surface area contributed by atoms with Crippen molar-refractivity contribution in [3.05, 3.63) is 34.1 Å². The van der Waals surface area contributed by atoms with Crippen molar-refractivity contribution in [2.75, 3.05) is 7.11 Å². The van der Waals surface area contributed by atoms with E-state index in [0.717, 1.165) is 30.2 Å². The van der Waals surface area contributed by atoms with E-state index in [-0.39, 0.29) is 17.5 Å². The number of nitrogens with one attached hydrogen (secondary N) is 1. The zero-order valence-electron chi connectivity index (χ0n) is 11.1. The number of nitrogens with two attached hydrogens (primary N) is 1. The summed E-state index contributed by atoms with van der Waals surface area (Å²) in [7, 11) is 1.72. The van der Waals surface area contributed by atoms with Crippen molar-refractivity contribution in [2.45, 2.75) is 43.7 Å². The molecule has 106 valence electrons. The van der Waals surface area contributed by atoms with Crippen molar-refractivity contribution in [1.82, 2.24) is 5.43 Å². The molecule has 1 unspecified atom stereocenters. The molecule has 0 aromatic heterocycles. The van der Waals surface area contributed by atoms with E-state index in [1.54, 1.807) is 19.2 Å². The SMILES string of the molecule is COC1(C(Cc2cc(Br)ccc2F)NN)CCCC1. The summed E-state index contributed by atoms with van der Waals surface area (Å²) in [4.78, 5) is 0. The van der Waals surface area contributed by atoms with Crippen LogP contribution in [0.3, 0.4) is 0 Å². The van der Waals surface area contributed by atoms with E-state index in [1.807, 2.05) is 0 Å². The van der Waals surface area contributed by atoms with Crippen molar-refractivity contribution in [1.29, 1.82) is 0 Å². The van der Waals surface area contributed by atoms with Crippen molar-refractivity contribution < 1.29 is 9.13 Å². The minimum absolute atomic E-state index is 0.0798. The topological polar surface area (TPSA) is 47.3 Å². The number of hydrogen-bond acceptors (Lipinski definition) is 3. The molecule has 1 aliphatic rings. The molecule has 1 fully saturated rings. The summed E-state index contributed by atoms with van der Waals surface area (Å²) in [6.45, 7) is 0. The highest BCUT2D eigenvalue weighted by atomic mass is 79.9. The number of methoxy groups -OCH3 is 1. The van der Waals surface area contributed by atoms with Crippen molar-refractivity contribution in [3.63, 3.8) is 0 Å². The lowest BCUT2D eigenvalue weighted by Crippen LogP contribution is -2.54. The fourth-order valence-corrected chi connectivity index (χ4v) is 3.39. The van der Waals surface area contributed by atoms with E-state index in [2.05, 4.69) is 21.4 Å². The van der Waals surface area contributed by atoms with Crippen LogP contribution in [0, 0.1) is 5.82 Å². The number of benzene rings is 1. The molecule has 3 nitrogen and oxygen atoms in total. The Hall–Kier alpha value is -0.490. The summed E-state index contributed by atoms with van der Waals surface area (Å²) in [6, 6.07) is 4.90. The Bertz CT molecular complexity index is 435. The maximum Gasteiger partial charge on any atom is 0.126 e. The van der Waals surface area contributed by atoms with Gasteiger partial charge in [-0.3, -0.25) is 11.3 Å². The summed E-state index contributed by atoms with van der Waals surface area (Å²) in [5, 5.41) is 0. The van der Waals surface area contributed by atoms with Gasteiger partial charge in [0, 0.05) is 11.6 Å². The highest BCUT2D eigenvalue weighted by molar-refractivity contribution is 9.10. The van der Waals surface area contributed by atoms with Crippen LogP contribution in [0.4, 0.5) is 4.39 Å². The molecule has 1 aliphatic carbocycles. The van der Waals surface area contributed by atoms with E-state index in [0.29, 0.717) is 12.0 Å². The molecule has 3 N–H and O–H groups in total. The second-order valence-electron chi connectivity index (χ2n) is 5.14. The van der Waals surface area contributed by atoms with Crippen LogP contribution in [0.2, 0.25) is 0 Å². The van der Waals surface area contributed by atoms with Crippen LogP contribution in [0.25, 0.3) is 0 Å². The van der Waals surface area contributed by atoms with Gasteiger partial charge in [0.15, 0.2) is 0 Å². The Kier molecular flexibility index (Phi) is 4.95. The highest BCUT2D eigenvalue weighted by Crippen LogP contribution is 2.37. The molecule has 1 saturated carbocycles. The van der Waals surface area contributed by atoms with Crippen LogP contribution in [0.5, 0.6) is 0 Å². The molecule has 1 aromatic carbocycles. The van der Waals surface area contributed by atoms with Gasteiger partial charge in [-0.05, 0) is 43.0 Å². The molecular weight excluding hydrogens is 311 g/mol. The number of hydrazine groups is 1. The molecule has 19 heavy (non-hydrogen) atoms. The van der Waals surface area contributed by atoms with Crippen LogP contribution in [-0.2, 0) is 11.2 Å². The van der Waals surface area contributed by atoms with E-state index >= 15 is 0 Å². The quantitative estimate of drug-likeness (QED) is 0.644. The van der Waals surface area contributed by atoms with Crippen molar-refractivity contribution in [2.24, 2.45) is 5.84 Å². The summed E-state index contributed by atoms with van der Waals surface area (Å²) >= 11 is 3.37. The molecule has 0 aliphatic heterocycles. The molecule has 1 atom stereocenters. The first-order valence-electron chi connectivity index (χ1n) is 6.56. The molecule has 0 saturated heterocycles. The number of rotatable bonds is 5. The Morgan fingerprint density at radius 3 is 2.74 bits per heavy atom. The first kappa shape index (κ1) is 14.9. The average Bonchev–Trinajstić information content (AvgIpc) is 2.89. The lowest BCUT2D eigenvalue weighted by molar-refractivity contribution is -0.0357. The van der Waals surface area contributed by atoms with Crippen LogP contribution in [-0.4, -0.2) is 18.8 Å². The standard InChI is InChI=1S/C14H20BrFN2O/c1-19-14(6-2-3-7-14)13(18-17)9-10-8-11(15)4-5-12(10)16/h4-5,8,13,18H,2-3,6-7,9,17H2,1H3. The van der Waals surface area contributed by atoms with Crippen LogP contribution in [0.1, 0.15) is 31.2 Å². The van der Waals surface area contributed by atoms with Crippen LogP contribution in [0.15, 0.2) is 22.7 Å². The molecule has 0 spiro atoms. The monoisotopic (exact) mass is 330 g/mol. The van der Waals surface area contributed by atoms with E-state index in [9.17, 15) is 4.39 Å². The van der Waals surface area contributed by atoms with Crippen LogP contribution >= 0.6 is 15.9 Å². The Labute approximate surface area is 121 Å². The maximum atomic E-state index is 13.9. The zero-order valence-corrected chi connectivity index (χ0v) is 12.7. The molecule has 0 heterocycles. The molecule has 0 radical (unpaired) electrons. The van der Waals surface area contributed by atoms with Gasteiger partial charge in [0.05, 0.1) is 11.6 Å². The maximum absolute atomic E-state index is 13.9. The fourth-order valence-electron chi connectivity index (χ4n) is 2.98. The largest absolute Gasteiger partial charge is 0.377 e. The molecule has 1 aromatic rings. The summed E-state index contributed by atoms with van der Waals surface area (Å²) in [5.41, 5.74) is 3.20. The predicted molar refractivity (Wildman–Crippen MR) is 77.1 cm³/mol. The zero-order chi connectivity index (χ0) is 13.9. The second-order valence-corrected chi connectivity index (χ2v) is 6.05. The smallest absolute Gasteiger partial charge is 0.126 e. The lowest BCUT2D eigenvalue weighted by atomic mass is 9.87. The predicted octanol–water partition coefficient (Wildman–Crippen LogP) is 2.92. The average molecular weight is 331 g/mol. The van der Waals surface area contributed by atoms with E-state index in [4.69, 9.17) is 10.6 Å². The van der Waals surface area contributed by atoms with Gasteiger partial charge in [0.25, 0.3) is 0 Å². The Morgan fingerprint density at radius 2 is 2.16 bits per heavy atom. The van der Waals surface area contributed by atoms with Gasteiger partial charge in [-0.2, -0.15) is 0 Å². The van der Waals surface area contributed by atoms with E-state index < -0.39 is 0 Å². The number of ether oxygens (including phenoxy) is 1. The second kappa shape index (κ2) is 6.31. The first-order valence-corrected chi connectivity index (χ1v) is 7.36. The third-order valence-corrected chi connectivity index (χ3v) is 4.62. The molecule has 2 rings (SSSR count). The van der Waals surface area contributed by atoms with Crippen molar-refractivity contribution in [3.8, 4) is 0 Å². The van der Waals surface area contributed by atoms with Gasteiger partial charge < -0.3 is 4.74 Å². The number of halogens is 2.